The lowest BCUT2D eigenvalue weighted by molar-refractivity contribution is -0.155. The second-order valence-electron chi connectivity index (χ2n) is 23.1. The molecule has 2 aliphatic rings. The summed E-state index contributed by atoms with van der Waals surface area (Å²) >= 11 is 9.45. The van der Waals surface area contributed by atoms with E-state index in [1.807, 2.05) is 108 Å². The van der Waals surface area contributed by atoms with E-state index in [0.717, 1.165) is 60.4 Å². The van der Waals surface area contributed by atoms with Gasteiger partial charge in [-0.15, -0.1) is 32.9 Å². The van der Waals surface area contributed by atoms with Gasteiger partial charge in [-0.1, -0.05) is 81.6 Å². The molecule has 0 spiro atoms. The zero-order valence-electron chi connectivity index (χ0n) is 49.9. The first-order valence-electron chi connectivity index (χ1n) is 28.6. The molecule has 3 aromatic heterocycles. The first-order valence-corrected chi connectivity index (χ1v) is 30.7. The number of ether oxygens (including phenoxy) is 5. The molecule has 1 fully saturated rings. The van der Waals surface area contributed by atoms with Crippen LogP contribution in [-0.4, -0.2) is 142 Å². The fourth-order valence-corrected chi connectivity index (χ4v) is 12.0. The molecule has 20 nitrogen and oxygen atoms in total. The van der Waals surface area contributed by atoms with Crippen LogP contribution in [0.15, 0.2) is 59.0 Å². The summed E-state index contributed by atoms with van der Waals surface area (Å²) in [6, 6.07) is 12.7. The Labute approximate surface area is 505 Å². The molecule has 0 saturated carbocycles. The molecule has 84 heavy (non-hydrogen) atoms. The van der Waals surface area contributed by atoms with Crippen LogP contribution >= 0.6 is 34.3 Å². The van der Waals surface area contributed by atoms with Gasteiger partial charge in [0.15, 0.2) is 5.82 Å². The molecule has 5 aromatic rings. The molecule has 7 rings (SSSR count). The van der Waals surface area contributed by atoms with E-state index < -0.39 is 58.9 Å². The number of nitrogens with zero attached hydrogens (tertiary/aromatic N) is 6. The third-order valence-corrected chi connectivity index (χ3v) is 16.6. The summed E-state index contributed by atoms with van der Waals surface area (Å²) in [5.41, 5.74) is 7.01. The van der Waals surface area contributed by atoms with Crippen LogP contribution < -0.4 is 16.0 Å². The summed E-state index contributed by atoms with van der Waals surface area (Å²) in [6.07, 6.45) is 2.45. The lowest BCUT2D eigenvalue weighted by Gasteiger charge is -2.35. The number of rotatable bonds is 28. The monoisotopic (exact) mass is 1210 g/mol. The van der Waals surface area contributed by atoms with Crippen molar-refractivity contribution in [2.45, 2.75) is 157 Å². The van der Waals surface area contributed by atoms with E-state index in [2.05, 4.69) is 45.0 Å². The normalized spacial score (nSPS) is 16.2. The van der Waals surface area contributed by atoms with E-state index >= 15 is 0 Å². The lowest BCUT2D eigenvalue weighted by atomic mass is 9.85. The molecule has 454 valence electrons. The maximum absolute atomic E-state index is 14.6. The molecule has 4 amide bonds. The number of carbonyl (C=O) groups excluding carboxylic acids is 6. The quantitative estimate of drug-likeness (QED) is 0.0313. The second-order valence-corrected chi connectivity index (χ2v) is 25.6. The highest BCUT2D eigenvalue weighted by molar-refractivity contribution is 7.15. The van der Waals surface area contributed by atoms with Gasteiger partial charge in [-0.3, -0.25) is 38.3 Å². The minimum atomic E-state index is -1.06. The first kappa shape index (κ1) is 65.1. The minimum absolute atomic E-state index is 0.0404. The van der Waals surface area contributed by atoms with Crippen LogP contribution in [0, 0.1) is 33.1 Å². The summed E-state index contributed by atoms with van der Waals surface area (Å²) in [6.45, 7) is 20.0. The third-order valence-electron chi connectivity index (χ3n) is 14.2. The number of nitrogens with one attached hydrogen (secondary N) is 3. The van der Waals surface area contributed by atoms with Gasteiger partial charge >= 0.3 is 11.9 Å². The van der Waals surface area contributed by atoms with Gasteiger partial charge in [-0.05, 0) is 95.5 Å². The Morgan fingerprint density at radius 2 is 1.43 bits per heavy atom. The minimum Gasteiger partial charge on any atom is -0.460 e. The summed E-state index contributed by atoms with van der Waals surface area (Å²) < 4.78 is 30.3. The highest BCUT2D eigenvalue weighted by Gasteiger charge is 2.46. The van der Waals surface area contributed by atoms with Crippen LogP contribution in [0.2, 0.25) is 5.02 Å². The molecule has 1 saturated heterocycles. The fourth-order valence-electron chi connectivity index (χ4n) is 9.83. The van der Waals surface area contributed by atoms with Gasteiger partial charge in [-0.25, -0.2) is 4.98 Å². The molecule has 2 aromatic carbocycles. The number of thiophene rings is 1. The van der Waals surface area contributed by atoms with Crippen LogP contribution in [-0.2, 0) is 59.0 Å². The molecule has 0 radical (unpaired) electrons. The molecular formula is C61H80ClN9O11S2. The first-order chi connectivity index (χ1) is 40.0. The number of halogens is 1. The largest absolute Gasteiger partial charge is 0.460 e. The Balaban J connectivity index is 0.840. The van der Waals surface area contributed by atoms with Crippen molar-refractivity contribution in [3.63, 3.8) is 0 Å². The molecule has 23 heteroatoms. The molecule has 3 N–H and O–H groups in total. The number of unbranched alkanes of at least 4 members (excludes halogenated alkanes) is 3. The number of fused-ring (bicyclic) bond motifs is 3. The van der Waals surface area contributed by atoms with E-state index in [4.69, 9.17) is 40.3 Å². The summed E-state index contributed by atoms with van der Waals surface area (Å²) in [5.74, 6) is -1.06. The molecule has 2 aliphatic heterocycles. The maximum Gasteiger partial charge on any atom is 0.306 e. The van der Waals surface area contributed by atoms with Crippen molar-refractivity contribution in [2.24, 2.45) is 10.4 Å². The maximum atomic E-state index is 14.6. The van der Waals surface area contributed by atoms with Crippen LogP contribution in [0.4, 0.5) is 0 Å². The predicted molar refractivity (Wildman–Crippen MR) is 322 cm³/mol. The van der Waals surface area contributed by atoms with Gasteiger partial charge in [0.05, 0.1) is 67.8 Å². The highest BCUT2D eigenvalue weighted by Crippen LogP contribution is 2.40. The van der Waals surface area contributed by atoms with Crippen LogP contribution in [0.5, 0.6) is 0 Å². The molecule has 5 heterocycles. The van der Waals surface area contributed by atoms with Gasteiger partial charge in [0.1, 0.15) is 47.3 Å². The zero-order chi connectivity index (χ0) is 60.7. The number of aromatic nitrogens is 4. The highest BCUT2D eigenvalue weighted by atomic mass is 35.5. The standard InChI is InChI=1S/C61H80ClN9O11S2/c1-37-39(3)84-59-52(37)53(42-21-23-44(62)24-22-42)66-46(56-69-68-40(4)71(56)59)32-48(72)63-25-26-78-27-28-79-29-30-80-35-49(73)67-55(60(5,6)7)58(77)70-34-45(81-50(74)15-13-11-12-14-16-51(75)82-61(8,9)10)31-47(70)57(76)64-33-41-17-19-43(20-18-41)54-38(2)65-36-83-54/h17-24,36,45-47,55H,11-16,25-35H2,1-10H3,(H,63,72)(H,64,76)(H,67,73)/t45-,46+,47+,55-/m1/s1. The third kappa shape index (κ3) is 18.3. The van der Waals surface area contributed by atoms with E-state index in [-0.39, 0.29) is 90.4 Å². The van der Waals surface area contributed by atoms with Crippen molar-refractivity contribution in [1.29, 1.82) is 0 Å². The van der Waals surface area contributed by atoms with Crippen molar-refractivity contribution in [3.05, 3.63) is 104 Å². The fraction of sp³-hybridized carbons (Fsp3) is 0.541. The van der Waals surface area contributed by atoms with Crippen LogP contribution in [0.3, 0.4) is 0 Å². The van der Waals surface area contributed by atoms with Crippen LogP contribution in [0.1, 0.15) is 143 Å². The molecule has 0 aliphatic carbocycles. The Kier molecular flexibility index (Phi) is 23.3. The Morgan fingerprint density at radius 3 is 2.08 bits per heavy atom. The van der Waals surface area contributed by atoms with Crippen molar-refractivity contribution < 1.29 is 52.5 Å². The van der Waals surface area contributed by atoms with Crippen LogP contribution in [0.25, 0.3) is 15.4 Å². The number of amides is 4. The van der Waals surface area contributed by atoms with E-state index in [1.165, 1.54) is 4.90 Å². The van der Waals surface area contributed by atoms with Gasteiger partial charge in [0.25, 0.3) is 0 Å². The number of benzene rings is 2. The van der Waals surface area contributed by atoms with Crippen molar-refractivity contribution in [3.8, 4) is 15.4 Å². The summed E-state index contributed by atoms with van der Waals surface area (Å²) in [7, 11) is 0. The number of hydrogen-bond donors (Lipinski definition) is 3. The molecule has 0 bridgehead atoms. The Morgan fingerprint density at radius 1 is 0.774 bits per heavy atom. The average molecular weight is 1210 g/mol. The van der Waals surface area contributed by atoms with Crippen molar-refractivity contribution in [1.82, 2.24) is 40.6 Å². The number of aliphatic imine (C=N–C) groups is 1. The molecule has 4 atom stereocenters. The summed E-state index contributed by atoms with van der Waals surface area (Å²) in [4.78, 5) is 93.8. The Hall–Kier alpha value is -6.43. The SMILES string of the molecule is Cc1ncsc1-c1ccc(CNC(=O)[C@@H]2C[C@@H](OC(=O)CCCCCCC(=O)OC(C)(C)C)CN2C(=O)[C@@H](NC(=O)COCCOCCOCCNC(=O)C[C@@H]2N=C(c3ccc(Cl)cc3)c3c(sc(C)c3C)-n3c(C)nnc32)C(C)(C)C)cc1. The Bertz CT molecular complexity index is 3110. The average Bonchev–Trinajstić information content (AvgIpc) is 1.99. The summed E-state index contributed by atoms with van der Waals surface area (Å²) in [5, 5.41) is 19.2. The number of esters is 2. The smallest absolute Gasteiger partial charge is 0.306 e. The van der Waals surface area contributed by atoms with Crippen molar-refractivity contribution >= 4 is 75.6 Å². The van der Waals surface area contributed by atoms with E-state index in [9.17, 15) is 28.8 Å². The zero-order valence-corrected chi connectivity index (χ0v) is 52.3. The van der Waals surface area contributed by atoms with E-state index in [0.29, 0.717) is 42.4 Å². The lowest BCUT2D eigenvalue weighted by Crippen LogP contribution is -2.58. The van der Waals surface area contributed by atoms with Gasteiger partial charge in [0.2, 0.25) is 23.6 Å². The molecular weight excluding hydrogens is 1130 g/mol. The number of likely N-dealkylation sites (tertiary alicyclic amines) is 1. The van der Waals surface area contributed by atoms with Gasteiger partial charge in [0, 0.05) is 53.4 Å². The second kappa shape index (κ2) is 30.1. The van der Waals surface area contributed by atoms with E-state index in [1.54, 1.807) is 28.2 Å². The number of aryl methyl sites for hydroxylation is 3. The van der Waals surface area contributed by atoms with Crippen molar-refractivity contribution in [2.75, 3.05) is 52.7 Å². The van der Waals surface area contributed by atoms with Gasteiger partial charge < -0.3 is 44.5 Å². The number of thiazole rings is 1. The molecule has 0 unspecified atom stereocenters. The number of carbonyl (C=O) groups is 6. The predicted octanol–water partition coefficient (Wildman–Crippen LogP) is 8.83. The number of hydrogen-bond acceptors (Lipinski definition) is 17. The topological polar surface area (TPSA) is 244 Å². The van der Waals surface area contributed by atoms with Gasteiger partial charge in [-0.2, -0.15) is 0 Å².